The molecular formula is C16H16O2. The van der Waals surface area contributed by atoms with E-state index >= 15 is 0 Å². The maximum atomic E-state index is 5.93. The predicted octanol–water partition coefficient (Wildman–Crippen LogP) is 3.96. The fraction of sp³-hybridized carbons (Fsp3) is 0.250. The van der Waals surface area contributed by atoms with Gasteiger partial charge in [-0.3, -0.25) is 0 Å². The molecule has 0 N–H and O–H groups in total. The Hall–Kier alpha value is -1.80. The summed E-state index contributed by atoms with van der Waals surface area (Å²) >= 11 is 0. The Morgan fingerprint density at radius 3 is 2.06 bits per heavy atom. The molecule has 0 atom stereocenters. The molecule has 0 aliphatic carbocycles. The van der Waals surface area contributed by atoms with Crippen molar-refractivity contribution in [2.45, 2.75) is 12.8 Å². The molecule has 3 rings (SSSR count). The van der Waals surface area contributed by atoms with Crippen molar-refractivity contribution in [2.75, 3.05) is 13.2 Å². The SMILES string of the molecule is CCOCC1c2ccccc2Oc2ccccc21. The Balaban J connectivity index is 2.05. The molecule has 18 heavy (non-hydrogen) atoms. The van der Waals surface area contributed by atoms with Gasteiger partial charge >= 0.3 is 0 Å². The van der Waals surface area contributed by atoms with E-state index in [2.05, 4.69) is 24.3 Å². The molecule has 0 bridgehead atoms. The first kappa shape index (κ1) is 11.3. The predicted molar refractivity (Wildman–Crippen MR) is 71.3 cm³/mol. The van der Waals surface area contributed by atoms with Gasteiger partial charge in [-0.05, 0) is 19.1 Å². The second-order valence-electron chi connectivity index (χ2n) is 4.39. The average Bonchev–Trinajstić information content (AvgIpc) is 2.43. The van der Waals surface area contributed by atoms with Gasteiger partial charge in [-0.25, -0.2) is 0 Å². The summed E-state index contributed by atoms with van der Waals surface area (Å²) in [4.78, 5) is 0. The number of hydrogen-bond donors (Lipinski definition) is 0. The molecule has 0 amide bonds. The molecule has 0 fully saturated rings. The van der Waals surface area contributed by atoms with E-state index in [1.165, 1.54) is 11.1 Å². The number of ether oxygens (including phenoxy) is 2. The summed E-state index contributed by atoms with van der Waals surface area (Å²) in [5.74, 6) is 2.16. The van der Waals surface area contributed by atoms with Gasteiger partial charge in [0.15, 0.2) is 0 Å². The number of fused-ring (bicyclic) bond motifs is 2. The molecule has 1 aliphatic heterocycles. The zero-order valence-electron chi connectivity index (χ0n) is 10.4. The fourth-order valence-corrected chi connectivity index (χ4v) is 2.42. The molecule has 92 valence electrons. The van der Waals surface area contributed by atoms with Crippen LogP contribution >= 0.6 is 0 Å². The van der Waals surface area contributed by atoms with Crippen molar-refractivity contribution >= 4 is 0 Å². The lowest BCUT2D eigenvalue weighted by atomic mass is 9.89. The van der Waals surface area contributed by atoms with E-state index in [0.29, 0.717) is 6.61 Å². The Kier molecular flexibility index (Phi) is 3.03. The molecule has 1 aliphatic rings. The van der Waals surface area contributed by atoms with Crippen molar-refractivity contribution in [3.05, 3.63) is 59.7 Å². The van der Waals surface area contributed by atoms with Crippen molar-refractivity contribution in [3.8, 4) is 11.5 Å². The molecule has 2 heteroatoms. The van der Waals surface area contributed by atoms with Crippen LogP contribution < -0.4 is 4.74 Å². The molecule has 1 heterocycles. The van der Waals surface area contributed by atoms with Gasteiger partial charge in [0.25, 0.3) is 0 Å². The second-order valence-corrected chi connectivity index (χ2v) is 4.39. The van der Waals surface area contributed by atoms with E-state index in [1.807, 2.05) is 31.2 Å². The highest BCUT2D eigenvalue weighted by atomic mass is 16.5. The molecule has 2 aromatic rings. The average molecular weight is 240 g/mol. The van der Waals surface area contributed by atoms with Crippen LogP contribution in [0.2, 0.25) is 0 Å². The van der Waals surface area contributed by atoms with Gasteiger partial charge in [0.1, 0.15) is 11.5 Å². The summed E-state index contributed by atoms with van der Waals surface area (Å²) in [6.07, 6.45) is 0. The minimum atomic E-state index is 0.270. The smallest absolute Gasteiger partial charge is 0.131 e. The normalized spacial score (nSPS) is 13.6. The molecule has 0 aromatic heterocycles. The molecule has 0 saturated heterocycles. The summed E-state index contributed by atoms with van der Waals surface area (Å²) < 4.78 is 11.6. The maximum Gasteiger partial charge on any atom is 0.131 e. The van der Waals surface area contributed by atoms with Crippen molar-refractivity contribution < 1.29 is 9.47 Å². The van der Waals surface area contributed by atoms with Crippen LogP contribution in [0.15, 0.2) is 48.5 Å². The van der Waals surface area contributed by atoms with Gasteiger partial charge in [-0.1, -0.05) is 36.4 Å². The summed E-state index contributed by atoms with van der Waals surface area (Å²) in [6, 6.07) is 16.4. The topological polar surface area (TPSA) is 18.5 Å². The van der Waals surface area contributed by atoms with Gasteiger partial charge in [-0.2, -0.15) is 0 Å². The number of rotatable bonds is 3. The highest BCUT2D eigenvalue weighted by Crippen LogP contribution is 2.43. The van der Waals surface area contributed by atoms with E-state index in [4.69, 9.17) is 9.47 Å². The van der Waals surface area contributed by atoms with Crippen molar-refractivity contribution in [1.82, 2.24) is 0 Å². The molecule has 2 nitrogen and oxygen atoms in total. The molecule has 0 spiro atoms. The van der Waals surface area contributed by atoms with Gasteiger partial charge in [0, 0.05) is 23.7 Å². The summed E-state index contributed by atoms with van der Waals surface area (Å²) in [5, 5.41) is 0. The molecule has 0 unspecified atom stereocenters. The van der Waals surface area contributed by atoms with Crippen LogP contribution in [0.25, 0.3) is 0 Å². The molecule has 0 saturated carbocycles. The summed E-state index contributed by atoms with van der Waals surface area (Å²) in [5.41, 5.74) is 2.43. The third kappa shape index (κ3) is 1.89. The van der Waals surface area contributed by atoms with E-state index in [-0.39, 0.29) is 5.92 Å². The first-order chi connectivity index (χ1) is 8.90. The monoisotopic (exact) mass is 240 g/mol. The zero-order valence-corrected chi connectivity index (χ0v) is 10.4. The first-order valence-corrected chi connectivity index (χ1v) is 6.33. The maximum absolute atomic E-state index is 5.93. The first-order valence-electron chi connectivity index (χ1n) is 6.33. The van der Waals surface area contributed by atoms with Crippen molar-refractivity contribution in [3.63, 3.8) is 0 Å². The van der Waals surface area contributed by atoms with E-state index in [0.717, 1.165) is 18.1 Å². The summed E-state index contributed by atoms with van der Waals surface area (Å²) in [7, 11) is 0. The Labute approximate surface area is 107 Å². The Morgan fingerprint density at radius 2 is 1.50 bits per heavy atom. The van der Waals surface area contributed by atoms with Crippen LogP contribution in [-0.2, 0) is 4.74 Å². The van der Waals surface area contributed by atoms with Gasteiger partial charge in [0.05, 0.1) is 6.61 Å². The number of hydrogen-bond acceptors (Lipinski definition) is 2. The van der Waals surface area contributed by atoms with Gasteiger partial charge < -0.3 is 9.47 Å². The Morgan fingerprint density at radius 1 is 0.944 bits per heavy atom. The number of para-hydroxylation sites is 2. The van der Waals surface area contributed by atoms with Crippen LogP contribution in [0.3, 0.4) is 0 Å². The summed E-state index contributed by atoms with van der Waals surface area (Å²) in [6.45, 7) is 3.46. The third-order valence-corrected chi connectivity index (χ3v) is 3.30. The van der Waals surface area contributed by atoms with Crippen LogP contribution in [0, 0.1) is 0 Å². The van der Waals surface area contributed by atoms with Crippen LogP contribution in [0.1, 0.15) is 24.0 Å². The largest absolute Gasteiger partial charge is 0.457 e. The highest BCUT2D eigenvalue weighted by Gasteiger charge is 2.26. The quantitative estimate of drug-likeness (QED) is 0.808. The van der Waals surface area contributed by atoms with Crippen LogP contribution in [0.5, 0.6) is 11.5 Å². The molecule has 0 radical (unpaired) electrons. The van der Waals surface area contributed by atoms with Crippen LogP contribution in [-0.4, -0.2) is 13.2 Å². The van der Waals surface area contributed by atoms with E-state index in [1.54, 1.807) is 0 Å². The minimum Gasteiger partial charge on any atom is -0.457 e. The lowest BCUT2D eigenvalue weighted by Gasteiger charge is -2.27. The van der Waals surface area contributed by atoms with Crippen molar-refractivity contribution in [2.24, 2.45) is 0 Å². The van der Waals surface area contributed by atoms with E-state index < -0.39 is 0 Å². The lowest BCUT2D eigenvalue weighted by molar-refractivity contribution is 0.138. The fourth-order valence-electron chi connectivity index (χ4n) is 2.42. The minimum absolute atomic E-state index is 0.270. The lowest BCUT2D eigenvalue weighted by Crippen LogP contribution is -2.15. The molecule has 2 aromatic carbocycles. The van der Waals surface area contributed by atoms with E-state index in [9.17, 15) is 0 Å². The number of benzene rings is 2. The second kappa shape index (κ2) is 4.83. The Bertz CT molecular complexity index is 503. The van der Waals surface area contributed by atoms with Gasteiger partial charge in [0.2, 0.25) is 0 Å². The van der Waals surface area contributed by atoms with Crippen LogP contribution in [0.4, 0.5) is 0 Å². The zero-order chi connectivity index (χ0) is 12.4. The standard InChI is InChI=1S/C16H16O2/c1-2-17-11-14-12-7-3-5-9-15(12)18-16-10-6-4-8-13(14)16/h3-10,14H,2,11H2,1H3. The third-order valence-electron chi connectivity index (χ3n) is 3.30. The molecular weight excluding hydrogens is 224 g/mol. The highest BCUT2D eigenvalue weighted by molar-refractivity contribution is 5.53. The van der Waals surface area contributed by atoms with Crippen molar-refractivity contribution in [1.29, 1.82) is 0 Å². The van der Waals surface area contributed by atoms with Gasteiger partial charge in [-0.15, -0.1) is 0 Å².